The van der Waals surface area contributed by atoms with E-state index in [9.17, 15) is 30.3 Å². The zero-order valence-electron chi connectivity index (χ0n) is 27.9. The number of aliphatic hydroxyl groups is 5. The minimum absolute atomic E-state index is 0.127. The van der Waals surface area contributed by atoms with E-state index in [0.29, 0.717) is 25.0 Å². The molecule has 9 atom stereocenters. The van der Waals surface area contributed by atoms with Gasteiger partial charge in [0.25, 0.3) is 0 Å². The minimum atomic E-state index is -1.47. The third-order valence-electron chi connectivity index (χ3n) is 9.00. The SMILES string of the molecule is C[C@@H](N)[C@H](O)CCCCCCCCCCCCCCC(=O)CCCCCCC[C@@H](O[C@@H]1O[C@H](CO)[C@H](O)[C@H](O)[C@H]1O)[C@@H](C)N. The van der Waals surface area contributed by atoms with Crippen molar-refractivity contribution in [1.29, 1.82) is 0 Å². The second-order valence-electron chi connectivity index (χ2n) is 13.3. The lowest BCUT2D eigenvalue weighted by Gasteiger charge is -2.41. The van der Waals surface area contributed by atoms with Crippen molar-refractivity contribution >= 4 is 5.78 Å². The van der Waals surface area contributed by atoms with E-state index in [1.165, 1.54) is 57.8 Å². The van der Waals surface area contributed by atoms with Crippen molar-refractivity contribution in [2.75, 3.05) is 6.61 Å². The molecular weight excluding hydrogens is 564 g/mol. The Morgan fingerprint density at radius 2 is 1.09 bits per heavy atom. The smallest absolute Gasteiger partial charge is 0.187 e. The largest absolute Gasteiger partial charge is 0.394 e. The quantitative estimate of drug-likeness (QED) is 0.0621. The molecule has 0 aromatic carbocycles. The molecule has 0 unspecified atom stereocenters. The van der Waals surface area contributed by atoms with Gasteiger partial charge in [0.2, 0.25) is 0 Å². The zero-order chi connectivity index (χ0) is 32.7. The van der Waals surface area contributed by atoms with Crippen LogP contribution in [0.5, 0.6) is 0 Å². The summed E-state index contributed by atoms with van der Waals surface area (Å²) in [5.74, 6) is 0.377. The van der Waals surface area contributed by atoms with Gasteiger partial charge in [-0.1, -0.05) is 96.3 Å². The van der Waals surface area contributed by atoms with E-state index in [1.807, 2.05) is 13.8 Å². The van der Waals surface area contributed by atoms with Gasteiger partial charge in [0.1, 0.15) is 30.2 Å². The lowest BCUT2D eigenvalue weighted by Crippen LogP contribution is -2.60. The van der Waals surface area contributed by atoms with E-state index in [-0.39, 0.29) is 18.2 Å². The van der Waals surface area contributed by atoms with Crippen LogP contribution in [0.3, 0.4) is 0 Å². The van der Waals surface area contributed by atoms with Crippen molar-refractivity contribution in [3.05, 3.63) is 0 Å². The number of unbranched alkanes of at least 4 members (excludes halogenated alkanes) is 15. The van der Waals surface area contributed by atoms with Crippen molar-refractivity contribution < 1.29 is 39.8 Å². The van der Waals surface area contributed by atoms with Crippen LogP contribution in [0.25, 0.3) is 0 Å². The summed E-state index contributed by atoms with van der Waals surface area (Å²) < 4.78 is 11.3. The molecule has 10 nitrogen and oxygen atoms in total. The van der Waals surface area contributed by atoms with Crippen molar-refractivity contribution in [3.8, 4) is 0 Å². The lowest BCUT2D eigenvalue weighted by molar-refractivity contribution is -0.312. The van der Waals surface area contributed by atoms with Gasteiger partial charge in [0.15, 0.2) is 6.29 Å². The summed E-state index contributed by atoms with van der Waals surface area (Å²) in [5.41, 5.74) is 11.8. The fourth-order valence-corrected chi connectivity index (χ4v) is 5.84. The first-order valence-electron chi connectivity index (χ1n) is 17.7. The molecule has 1 aliphatic heterocycles. The van der Waals surface area contributed by atoms with Crippen molar-refractivity contribution in [2.24, 2.45) is 11.5 Å². The Balaban J connectivity index is 1.96. The standard InChI is InChI=1S/C34H68N2O8/c1-25(35)28(39)22-18-14-10-8-6-4-3-5-7-9-12-16-20-27(38)21-17-13-11-15-19-23-29(26(2)36)43-34-33(42)32(41)31(40)30(24-37)44-34/h25-26,28-34,37,39-42H,3-24,35-36H2,1-2H3/t25-,26-,28-,29-,30-,31+,32+,33-,34-/m1/s1. The normalized spacial score (nSPS) is 25.1. The molecule has 10 heteroatoms. The lowest BCUT2D eigenvalue weighted by atomic mass is 9.98. The monoisotopic (exact) mass is 632 g/mol. The fourth-order valence-electron chi connectivity index (χ4n) is 5.84. The highest BCUT2D eigenvalue weighted by Gasteiger charge is 2.45. The molecule has 1 aliphatic rings. The number of carbonyl (C=O) groups excluding carboxylic acids is 1. The number of hydrogen-bond acceptors (Lipinski definition) is 10. The van der Waals surface area contributed by atoms with Gasteiger partial charge in [-0.15, -0.1) is 0 Å². The van der Waals surface area contributed by atoms with Crippen LogP contribution in [0.4, 0.5) is 0 Å². The zero-order valence-corrected chi connectivity index (χ0v) is 27.9. The maximum atomic E-state index is 12.2. The Morgan fingerprint density at radius 3 is 1.52 bits per heavy atom. The highest BCUT2D eigenvalue weighted by molar-refractivity contribution is 5.78. The number of ether oxygens (including phenoxy) is 2. The molecular formula is C34H68N2O8. The Morgan fingerprint density at radius 1 is 0.659 bits per heavy atom. The molecule has 1 heterocycles. The number of aliphatic hydroxyl groups excluding tert-OH is 5. The summed E-state index contributed by atoms with van der Waals surface area (Å²) >= 11 is 0. The van der Waals surface area contributed by atoms with Crippen molar-refractivity contribution in [1.82, 2.24) is 0 Å². The topological polar surface area (TPSA) is 189 Å². The van der Waals surface area contributed by atoms with E-state index >= 15 is 0 Å². The maximum absolute atomic E-state index is 12.2. The molecule has 0 spiro atoms. The molecule has 0 aromatic rings. The summed E-state index contributed by atoms with van der Waals surface area (Å²) in [5, 5.41) is 49.2. The Kier molecular flexibility index (Phi) is 23.9. The van der Waals surface area contributed by atoms with Crippen LogP contribution >= 0.6 is 0 Å². The molecule has 1 rings (SSSR count). The molecule has 0 aliphatic carbocycles. The van der Waals surface area contributed by atoms with Gasteiger partial charge in [-0.05, 0) is 39.5 Å². The highest BCUT2D eigenvalue weighted by atomic mass is 16.7. The van der Waals surface area contributed by atoms with Gasteiger partial charge in [0, 0.05) is 24.9 Å². The third-order valence-corrected chi connectivity index (χ3v) is 9.00. The Labute approximate surface area is 267 Å². The molecule has 1 saturated heterocycles. The summed E-state index contributed by atoms with van der Waals surface area (Å²) in [7, 11) is 0. The van der Waals surface area contributed by atoms with Gasteiger partial charge in [-0.2, -0.15) is 0 Å². The van der Waals surface area contributed by atoms with Crippen LogP contribution in [0.1, 0.15) is 149 Å². The average molecular weight is 633 g/mol. The van der Waals surface area contributed by atoms with Crippen LogP contribution in [0, 0.1) is 0 Å². The molecule has 0 bridgehead atoms. The summed E-state index contributed by atoms with van der Waals surface area (Å²) in [4.78, 5) is 12.2. The van der Waals surface area contributed by atoms with Gasteiger partial charge >= 0.3 is 0 Å². The van der Waals surface area contributed by atoms with Crippen LogP contribution in [-0.4, -0.2) is 92.9 Å². The second kappa shape index (κ2) is 25.4. The third kappa shape index (κ3) is 18.5. The number of carbonyl (C=O) groups is 1. The Hall–Kier alpha value is -0.690. The summed E-state index contributed by atoms with van der Waals surface area (Å²) in [6.07, 6.45) is 15.0. The molecule has 262 valence electrons. The van der Waals surface area contributed by atoms with Crippen LogP contribution in [0.15, 0.2) is 0 Å². The average Bonchev–Trinajstić information content (AvgIpc) is 2.99. The second-order valence-corrected chi connectivity index (χ2v) is 13.3. The number of Topliss-reactive ketones (excluding diaryl/α,β-unsaturated/α-hetero) is 1. The first-order chi connectivity index (χ1) is 21.1. The molecule has 0 aromatic heterocycles. The first kappa shape index (κ1) is 41.3. The van der Waals surface area contributed by atoms with Gasteiger partial charge in [0.05, 0.1) is 18.8 Å². The summed E-state index contributed by atoms with van der Waals surface area (Å²) in [6.45, 7) is 3.17. The number of hydrogen-bond donors (Lipinski definition) is 7. The molecule has 0 radical (unpaired) electrons. The van der Waals surface area contributed by atoms with Gasteiger partial charge in [-0.25, -0.2) is 0 Å². The van der Waals surface area contributed by atoms with E-state index in [0.717, 1.165) is 57.8 Å². The molecule has 1 fully saturated rings. The molecule has 9 N–H and O–H groups in total. The predicted octanol–water partition coefficient (Wildman–Crippen LogP) is 3.99. The predicted molar refractivity (Wildman–Crippen MR) is 174 cm³/mol. The van der Waals surface area contributed by atoms with Crippen molar-refractivity contribution in [2.45, 2.75) is 204 Å². The molecule has 0 amide bonds. The van der Waals surface area contributed by atoms with Crippen molar-refractivity contribution in [3.63, 3.8) is 0 Å². The van der Waals surface area contributed by atoms with E-state index < -0.39 is 43.4 Å². The fraction of sp³-hybridized carbons (Fsp3) is 0.971. The van der Waals surface area contributed by atoms with E-state index in [1.54, 1.807) is 0 Å². The van der Waals surface area contributed by atoms with E-state index in [4.69, 9.17) is 20.9 Å². The van der Waals surface area contributed by atoms with Crippen LogP contribution in [-0.2, 0) is 14.3 Å². The van der Waals surface area contributed by atoms with Gasteiger partial charge in [-0.3, -0.25) is 4.79 Å². The van der Waals surface area contributed by atoms with Crippen LogP contribution < -0.4 is 11.5 Å². The number of nitrogens with two attached hydrogens (primary N) is 2. The first-order valence-corrected chi connectivity index (χ1v) is 17.7. The molecule has 44 heavy (non-hydrogen) atoms. The van der Waals surface area contributed by atoms with E-state index in [2.05, 4.69) is 0 Å². The van der Waals surface area contributed by atoms with Crippen LogP contribution in [0.2, 0.25) is 0 Å². The Bertz CT molecular complexity index is 696. The highest BCUT2D eigenvalue weighted by Crippen LogP contribution is 2.25. The maximum Gasteiger partial charge on any atom is 0.187 e. The summed E-state index contributed by atoms with van der Waals surface area (Å²) in [6, 6.07) is -0.447. The number of rotatable bonds is 28. The molecule has 0 saturated carbocycles. The van der Waals surface area contributed by atoms with Gasteiger partial charge < -0.3 is 46.5 Å². The minimum Gasteiger partial charge on any atom is -0.394 e. The number of ketones is 1.